The minimum Gasteiger partial charge on any atom is -0.462 e. The van der Waals surface area contributed by atoms with Crippen molar-refractivity contribution in [1.29, 1.82) is 0 Å². The summed E-state index contributed by atoms with van der Waals surface area (Å²) in [6.45, 7) is 6.66. The second kappa shape index (κ2) is 15.6. The molecule has 0 radical (unpaired) electrons. The number of rotatable bonds is 14. The molecule has 0 N–H and O–H groups in total. The van der Waals surface area contributed by atoms with Crippen molar-refractivity contribution >= 4 is 5.97 Å². The smallest absolute Gasteiger partial charge is 0.333 e. The molecule has 2 heteroatoms. The number of hydrogen-bond donors (Lipinski definition) is 0. The lowest BCUT2D eigenvalue weighted by Crippen LogP contribution is -2.06. The largest absolute Gasteiger partial charge is 0.462 e. The Morgan fingerprint density at radius 3 is 1.86 bits per heavy atom. The SMILES string of the molecule is CCCCCCCCCCCCC=C(C)C(=O)OCCC. The summed E-state index contributed by atoms with van der Waals surface area (Å²) in [6.07, 6.45) is 17.4. The molecule has 0 aromatic heterocycles. The Kier molecular flexibility index (Phi) is 15.0. The molecular weight excluding hydrogens is 260 g/mol. The van der Waals surface area contributed by atoms with Gasteiger partial charge in [-0.3, -0.25) is 0 Å². The van der Waals surface area contributed by atoms with Crippen molar-refractivity contribution in [1.82, 2.24) is 0 Å². The fraction of sp³-hybridized carbons (Fsp3) is 0.842. The van der Waals surface area contributed by atoms with Crippen molar-refractivity contribution in [2.45, 2.75) is 97.8 Å². The number of carbonyl (C=O) groups is 1. The van der Waals surface area contributed by atoms with Gasteiger partial charge in [-0.1, -0.05) is 77.7 Å². The fourth-order valence-electron chi connectivity index (χ4n) is 2.34. The summed E-state index contributed by atoms with van der Waals surface area (Å²) in [5, 5.41) is 0. The normalized spacial score (nSPS) is 11.7. The summed E-state index contributed by atoms with van der Waals surface area (Å²) >= 11 is 0. The van der Waals surface area contributed by atoms with Gasteiger partial charge in [-0.25, -0.2) is 4.79 Å². The van der Waals surface area contributed by atoms with Gasteiger partial charge >= 0.3 is 5.97 Å². The first kappa shape index (κ1) is 20.2. The van der Waals surface area contributed by atoms with Gasteiger partial charge in [0, 0.05) is 5.57 Å². The van der Waals surface area contributed by atoms with E-state index in [0.29, 0.717) is 6.61 Å². The summed E-state index contributed by atoms with van der Waals surface area (Å²) in [5.41, 5.74) is 0.763. The lowest BCUT2D eigenvalue weighted by molar-refractivity contribution is -0.139. The number of allylic oxidation sites excluding steroid dienone is 1. The van der Waals surface area contributed by atoms with Crippen LogP contribution in [0.15, 0.2) is 11.6 Å². The van der Waals surface area contributed by atoms with E-state index >= 15 is 0 Å². The average Bonchev–Trinajstić information content (AvgIpc) is 2.49. The standard InChI is InChI=1S/C19H36O2/c1-4-6-7-8-9-10-11-12-13-14-15-16-18(3)19(20)21-17-5-2/h16H,4-15,17H2,1-3H3. The summed E-state index contributed by atoms with van der Waals surface area (Å²) in [6, 6.07) is 0. The van der Waals surface area contributed by atoms with Crippen molar-refractivity contribution in [3.8, 4) is 0 Å². The minimum absolute atomic E-state index is 0.149. The zero-order valence-electron chi connectivity index (χ0n) is 14.6. The van der Waals surface area contributed by atoms with Crippen LogP contribution in [-0.2, 0) is 9.53 Å². The predicted octanol–water partition coefficient (Wildman–Crippen LogP) is 6.20. The van der Waals surface area contributed by atoms with E-state index in [0.717, 1.165) is 18.4 Å². The molecular formula is C19H36O2. The van der Waals surface area contributed by atoms with E-state index in [1.807, 2.05) is 19.9 Å². The summed E-state index contributed by atoms with van der Waals surface area (Å²) < 4.78 is 5.10. The molecule has 0 aliphatic carbocycles. The number of hydrogen-bond acceptors (Lipinski definition) is 2. The lowest BCUT2D eigenvalue weighted by Gasteiger charge is -2.03. The second-order valence-corrected chi connectivity index (χ2v) is 5.99. The minimum atomic E-state index is -0.149. The molecule has 0 rings (SSSR count). The third-order valence-electron chi connectivity index (χ3n) is 3.77. The molecule has 0 spiro atoms. The van der Waals surface area contributed by atoms with Crippen LogP contribution in [0.2, 0.25) is 0 Å². The summed E-state index contributed by atoms with van der Waals surface area (Å²) in [7, 11) is 0. The number of unbranched alkanes of at least 4 members (excludes halogenated alkanes) is 10. The zero-order valence-corrected chi connectivity index (χ0v) is 14.6. The molecule has 0 heterocycles. The average molecular weight is 296 g/mol. The second-order valence-electron chi connectivity index (χ2n) is 5.99. The molecule has 0 atom stereocenters. The number of ether oxygens (including phenoxy) is 1. The molecule has 0 unspecified atom stereocenters. The molecule has 0 aromatic rings. The summed E-state index contributed by atoms with van der Waals surface area (Å²) in [5.74, 6) is -0.149. The Labute approximate surface area is 132 Å². The maximum atomic E-state index is 11.5. The molecule has 0 amide bonds. The Bertz CT molecular complexity index is 269. The van der Waals surface area contributed by atoms with Crippen molar-refractivity contribution in [2.75, 3.05) is 6.61 Å². The van der Waals surface area contributed by atoms with E-state index in [-0.39, 0.29) is 5.97 Å². The first-order valence-electron chi connectivity index (χ1n) is 9.06. The van der Waals surface area contributed by atoms with E-state index in [9.17, 15) is 4.79 Å². The highest BCUT2D eigenvalue weighted by molar-refractivity contribution is 5.87. The maximum absolute atomic E-state index is 11.5. The molecule has 0 saturated heterocycles. The molecule has 21 heavy (non-hydrogen) atoms. The molecule has 0 saturated carbocycles. The molecule has 0 fully saturated rings. The van der Waals surface area contributed by atoms with Gasteiger partial charge < -0.3 is 4.74 Å². The quantitative estimate of drug-likeness (QED) is 0.217. The Balaban J connectivity index is 3.36. The molecule has 0 aliphatic rings. The highest BCUT2D eigenvalue weighted by atomic mass is 16.5. The fourth-order valence-corrected chi connectivity index (χ4v) is 2.34. The van der Waals surface area contributed by atoms with Crippen LogP contribution in [0.25, 0.3) is 0 Å². The van der Waals surface area contributed by atoms with E-state index in [1.165, 1.54) is 64.2 Å². The molecule has 124 valence electrons. The van der Waals surface area contributed by atoms with Crippen LogP contribution in [0.3, 0.4) is 0 Å². The van der Waals surface area contributed by atoms with E-state index in [1.54, 1.807) is 0 Å². The zero-order chi connectivity index (χ0) is 15.8. The highest BCUT2D eigenvalue weighted by Crippen LogP contribution is 2.12. The Morgan fingerprint density at radius 2 is 1.33 bits per heavy atom. The topological polar surface area (TPSA) is 26.3 Å². The van der Waals surface area contributed by atoms with Crippen LogP contribution < -0.4 is 0 Å². The Hall–Kier alpha value is -0.790. The van der Waals surface area contributed by atoms with Crippen LogP contribution in [0.4, 0.5) is 0 Å². The first-order valence-corrected chi connectivity index (χ1v) is 9.06. The van der Waals surface area contributed by atoms with Gasteiger partial charge in [0.1, 0.15) is 0 Å². The van der Waals surface area contributed by atoms with Crippen LogP contribution in [0.5, 0.6) is 0 Å². The van der Waals surface area contributed by atoms with Gasteiger partial charge in [0.05, 0.1) is 6.61 Å². The van der Waals surface area contributed by atoms with Gasteiger partial charge in [0.2, 0.25) is 0 Å². The molecule has 0 bridgehead atoms. The van der Waals surface area contributed by atoms with Crippen molar-refractivity contribution in [3.63, 3.8) is 0 Å². The Morgan fingerprint density at radius 1 is 0.810 bits per heavy atom. The van der Waals surface area contributed by atoms with E-state index < -0.39 is 0 Å². The maximum Gasteiger partial charge on any atom is 0.333 e. The highest BCUT2D eigenvalue weighted by Gasteiger charge is 2.03. The van der Waals surface area contributed by atoms with Gasteiger partial charge in [0.15, 0.2) is 0 Å². The van der Waals surface area contributed by atoms with Gasteiger partial charge in [-0.2, -0.15) is 0 Å². The van der Waals surface area contributed by atoms with Crippen LogP contribution in [0, 0.1) is 0 Å². The van der Waals surface area contributed by atoms with Crippen molar-refractivity contribution < 1.29 is 9.53 Å². The number of esters is 1. The van der Waals surface area contributed by atoms with Crippen molar-refractivity contribution in [3.05, 3.63) is 11.6 Å². The molecule has 0 aliphatic heterocycles. The monoisotopic (exact) mass is 296 g/mol. The predicted molar refractivity (Wildman–Crippen MR) is 91.5 cm³/mol. The number of carbonyl (C=O) groups excluding carboxylic acids is 1. The molecule has 2 nitrogen and oxygen atoms in total. The summed E-state index contributed by atoms with van der Waals surface area (Å²) in [4.78, 5) is 11.5. The van der Waals surface area contributed by atoms with Gasteiger partial charge in [-0.05, 0) is 26.2 Å². The van der Waals surface area contributed by atoms with Crippen molar-refractivity contribution in [2.24, 2.45) is 0 Å². The third-order valence-corrected chi connectivity index (χ3v) is 3.77. The van der Waals surface area contributed by atoms with Crippen LogP contribution >= 0.6 is 0 Å². The lowest BCUT2D eigenvalue weighted by atomic mass is 10.1. The van der Waals surface area contributed by atoms with Crippen LogP contribution in [0.1, 0.15) is 97.8 Å². The van der Waals surface area contributed by atoms with Gasteiger partial charge in [-0.15, -0.1) is 0 Å². The van der Waals surface area contributed by atoms with Crippen LogP contribution in [-0.4, -0.2) is 12.6 Å². The van der Waals surface area contributed by atoms with E-state index in [2.05, 4.69) is 6.92 Å². The molecule has 0 aromatic carbocycles. The first-order chi connectivity index (χ1) is 10.2. The van der Waals surface area contributed by atoms with Gasteiger partial charge in [0.25, 0.3) is 0 Å². The van der Waals surface area contributed by atoms with E-state index in [4.69, 9.17) is 4.74 Å². The third kappa shape index (κ3) is 13.9.